The van der Waals surface area contributed by atoms with Gasteiger partial charge in [0.1, 0.15) is 0 Å². The molecule has 0 aromatic carbocycles. The average molecular weight is 380 g/mol. The van der Waals surface area contributed by atoms with Gasteiger partial charge in [0.15, 0.2) is 0 Å². The van der Waals surface area contributed by atoms with Gasteiger partial charge in [0, 0.05) is 38.8 Å². The lowest BCUT2D eigenvalue weighted by atomic mass is 9.69. The molecule has 0 saturated carbocycles. The minimum Gasteiger partial charge on any atom is -0.303 e. The van der Waals surface area contributed by atoms with Crippen molar-refractivity contribution in [1.29, 1.82) is 0 Å². The molecule has 3 nitrogen and oxygen atoms in total. The van der Waals surface area contributed by atoms with Gasteiger partial charge in [-0.1, -0.05) is 34.6 Å². The molecule has 0 aromatic rings. The predicted octanol–water partition coefficient (Wildman–Crippen LogP) is 4.82. The Morgan fingerprint density at radius 3 is 1.93 bits per heavy atom. The normalized spacial score (nSPS) is 23.4. The van der Waals surface area contributed by atoms with E-state index in [2.05, 4.69) is 63.2 Å². The first-order valence-electron chi connectivity index (χ1n) is 11.9. The number of piperidine rings is 1. The molecule has 2 saturated heterocycles. The van der Waals surface area contributed by atoms with Crippen LogP contribution >= 0.6 is 0 Å². The van der Waals surface area contributed by atoms with E-state index in [1.807, 2.05) is 0 Å². The van der Waals surface area contributed by atoms with Crippen molar-refractivity contribution in [3.05, 3.63) is 0 Å². The summed E-state index contributed by atoms with van der Waals surface area (Å²) in [5, 5.41) is 0. The maximum Gasteiger partial charge on any atom is 0.0113 e. The Morgan fingerprint density at radius 2 is 1.41 bits per heavy atom. The van der Waals surface area contributed by atoms with Gasteiger partial charge in [-0.2, -0.15) is 0 Å². The Kier molecular flexibility index (Phi) is 9.09. The molecular formula is C24H49N3. The molecule has 0 radical (unpaired) electrons. The van der Waals surface area contributed by atoms with Crippen LogP contribution in [-0.4, -0.2) is 73.1 Å². The first kappa shape index (κ1) is 23.2. The number of likely N-dealkylation sites (tertiary alicyclic amines) is 1. The quantitative estimate of drug-likeness (QED) is 0.568. The van der Waals surface area contributed by atoms with Gasteiger partial charge in [0.25, 0.3) is 0 Å². The highest BCUT2D eigenvalue weighted by Gasteiger charge is 2.34. The molecule has 2 aliphatic rings. The molecule has 2 fully saturated rings. The van der Waals surface area contributed by atoms with Gasteiger partial charge in [-0.25, -0.2) is 0 Å². The Hall–Kier alpha value is -0.120. The summed E-state index contributed by atoms with van der Waals surface area (Å²) in [5.74, 6) is 2.56. The van der Waals surface area contributed by atoms with Crippen LogP contribution in [0.5, 0.6) is 0 Å². The predicted molar refractivity (Wildman–Crippen MR) is 119 cm³/mol. The zero-order valence-corrected chi connectivity index (χ0v) is 19.6. The fourth-order valence-electron chi connectivity index (χ4n) is 5.41. The number of rotatable bonds is 9. The Balaban J connectivity index is 1.71. The molecule has 1 atom stereocenters. The molecule has 0 aromatic heterocycles. The molecule has 2 rings (SSSR count). The molecule has 2 heterocycles. The van der Waals surface area contributed by atoms with Crippen molar-refractivity contribution in [3.63, 3.8) is 0 Å². The van der Waals surface area contributed by atoms with E-state index in [1.54, 1.807) is 0 Å². The van der Waals surface area contributed by atoms with Crippen molar-refractivity contribution in [2.24, 2.45) is 23.2 Å². The van der Waals surface area contributed by atoms with Crippen LogP contribution in [0.1, 0.15) is 74.1 Å². The summed E-state index contributed by atoms with van der Waals surface area (Å²) in [7, 11) is 0. The monoisotopic (exact) mass is 379 g/mol. The second kappa shape index (κ2) is 10.6. The fraction of sp³-hybridized carbons (Fsp3) is 1.00. The minimum atomic E-state index is 0.489. The largest absolute Gasteiger partial charge is 0.303 e. The van der Waals surface area contributed by atoms with Crippen LogP contribution in [-0.2, 0) is 0 Å². The molecule has 1 unspecified atom stereocenters. The number of piperazine rings is 1. The number of nitrogens with zero attached hydrogens (tertiary/aromatic N) is 3. The third-order valence-corrected chi connectivity index (χ3v) is 7.30. The summed E-state index contributed by atoms with van der Waals surface area (Å²) in [5.41, 5.74) is 0.489. The van der Waals surface area contributed by atoms with E-state index in [4.69, 9.17) is 0 Å². The van der Waals surface area contributed by atoms with Gasteiger partial charge in [0.05, 0.1) is 0 Å². The molecule has 3 heteroatoms. The lowest BCUT2D eigenvalue weighted by molar-refractivity contribution is 0.0615. The summed E-state index contributed by atoms with van der Waals surface area (Å²) in [6.45, 7) is 27.2. The van der Waals surface area contributed by atoms with E-state index in [1.165, 1.54) is 78.0 Å². The topological polar surface area (TPSA) is 9.72 Å². The van der Waals surface area contributed by atoms with E-state index in [-0.39, 0.29) is 0 Å². The molecule has 0 bridgehead atoms. The zero-order chi connectivity index (χ0) is 20.0. The average Bonchev–Trinajstić information content (AvgIpc) is 2.60. The minimum absolute atomic E-state index is 0.489. The van der Waals surface area contributed by atoms with E-state index in [0.717, 1.165) is 17.8 Å². The van der Waals surface area contributed by atoms with Crippen LogP contribution in [0, 0.1) is 23.2 Å². The Morgan fingerprint density at radius 1 is 0.815 bits per heavy atom. The van der Waals surface area contributed by atoms with E-state index in [0.29, 0.717) is 11.5 Å². The highest BCUT2D eigenvalue weighted by atomic mass is 15.3. The first-order chi connectivity index (χ1) is 12.7. The van der Waals surface area contributed by atoms with Gasteiger partial charge in [-0.05, 0) is 82.3 Å². The maximum absolute atomic E-state index is 2.72. The van der Waals surface area contributed by atoms with Gasteiger partial charge >= 0.3 is 0 Å². The Labute approximate surface area is 170 Å². The molecular weight excluding hydrogens is 330 g/mol. The highest BCUT2D eigenvalue weighted by Crippen LogP contribution is 2.40. The van der Waals surface area contributed by atoms with Crippen LogP contribution in [0.25, 0.3) is 0 Å². The summed E-state index contributed by atoms with van der Waals surface area (Å²) in [4.78, 5) is 8.05. The van der Waals surface area contributed by atoms with Crippen molar-refractivity contribution < 1.29 is 0 Å². The SMILES string of the molecule is CC(C)CCN1CCC(C(C)(C)CC(C)CN2CCN(C(C)C)CC2)CC1. The molecule has 160 valence electrons. The lowest BCUT2D eigenvalue weighted by Crippen LogP contribution is -2.50. The maximum atomic E-state index is 2.72. The van der Waals surface area contributed by atoms with E-state index >= 15 is 0 Å². The molecule has 0 aliphatic carbocycles. The summed E-state index contributed by atoms with van der Waals surface area (Å²) < 4.78 is 0. The van der Waals surface area contributed by atoms with Crippen LogP contribution < -0.4 is 0 Å². The van der Waals surface area contributed by atoms with Gasteiger partial charge in [0.2, 0.25) is 0 Å². The number of hydrogen-bond acceptors (Lipinski definition) is 3. The first-order valence-corrected chi connectivity index (χ1v) is 11.9. The summed E-state index contributed by atoms with van der Waals surface area (Å²) in [6, 6.07) is 0.704. The molecule has 2 aliphatic heterocycles. The molecule has 0 amide bonds. The van der Waals surface area contributed by atoms with Crippen LogP contribution in [0.2, 0.25) is 0 Å². The van der Waals surface area contributed by atoms with Crippen LogP contribution in [0.15, 0.2) is 0 Å². The van der Waals surface area contributed by atoms with Gasteiger partial charge < -0.3 is 9.80 Å². The van der Waals surface area contributed by atoms with E-state index in [9.17, 15) is 0 Å². The fourth-order valence-corrected chi connectivity index (χ4v) is 5.41. The third kappa shape index (κ3) is 7.66. The molecule has 27 heavy (non-hydrogen) atoms. The van der Waals surface area contributed by atoms with Crippen molar-refractivity contribution in [3.8, 4) is 0 Å². The van der Waals surface area contributed by atoms with Crippen molar-refractivity contribution in [2.45, 2.75) is 80.2 Å². The molecule has 0 spiro atoms. The lowest BCUT2D eigenvalue weighted by Gasteiger charge is -2.43. The van der Waals surface area contributed by atoms with Crippen molar-refractivity contribution in [1.82, 2.24) is 14.7 Å². The second-order valence-electron chi connectivity index (χ2n) is 11.0. The summed E-state index contributed by atoms with van der Waals surface area (Å²) >= 11 is 0. The van der Waals surface area contributed by atoms with Gasteiger partial charge in [-0.3, -0.25) is 4.90 Å². The standard InChI is InChI=1S/C24H49N3/c1-20(2)8-11-25-12-9-23(10-13-25)24(6,7)18-22(5)19-26-14-16-27(17-15-26)21(3)4/h20-23H,8-19H2,1-7H3. The van der Waals surface area contributed by atoms with Crippen molar-refractivity contribution in [2.75, 3.05) is 52.4 Å². The van der Waals surface area contributed by atoms with Crippen molar-refractivity contribution >= 4 is 0 Å². The van der Waals surface area contributed by atoms with Crippen LogP contribution in [0.4, 0.5) is 0 Å². The van der Waals surface area contributed by atoms with Crippen LogP contribution in [0.3, 0.4) is 0 Å². The molecule has 0 N–H and O–H groups in total. The number of hydrogen-bond donors (Lipinski definition) is 0. The summed E-state index contributed by atoms with van der Waals surface area (Å²) in [6.07, 6.45) is 5.55. The smallest absolute Gasteiger partial charge is 0.0113 e. The highest BCUT2D eigenvalue weighted by molar-refractivity contribution is 4.86. The third-order valence-electron chi connectivity index (χ3n) is 7.30. The Bertz CT molecular complexity index is 402. The zero-order valence-electron chi connectivity index (χ0n) is 19.6. The second-order valence-corrected chi connectivity index (χ2v) is 11.0. The van der Waals surface area contributed by atoms with E-state index < -0.39 is 0 Å². The van der Waals surface area contributed by atoms with Gasteiger partial charge in [-0.15, -0.1) is 0 Å².